The smallest absolute Gasteiger partial charge is 0.258 e. The first-order valence-electron chi connectivity index (χ1n) is 8.29. The highest BCUT2D eigenvalue weighted by Gasteiger charge is 2.26. The molecule has 0 saturated heterocycles. The van der Waals surface area contributed by atoms with E-state index in [0.29, 0.717) is 23.2 Å². The van der Waals surface area contributed by atoms with Gasteiger partial charge in [0.1, 0.15) is 11.6 Å². The first kappa shape index (κ1) is 18.7. The van der Waals surface area contributed by atoms with E-state index in [-0.39, 0.29) is 18.1 Å². The zero-order valence-electron chi connectivity index (χ0n) is 15.3. The first-order valence-corrected chi connectivity index (χ1v) is 8.29. The molecule has 6 nitrogen and oxygen atoms in total. The largest absolute Gasteiger partial charge is 0.484 e. The van der Waals surface area contributed by atoms with E-state index in [1.807, 2.05) is 24.3 Å². The number of aryl methyl sites for hydroxylation is 1. The predicted octanol–water partition coefficient (Wildman–Crippen LogP) is 2.63. The van der Waals surface area contributed by atoms with Crippen LogP contribution >= 0.6 is 0 Å². The fourth-order valence-electron chi connectivity index (χ4n) is 2.43. The van der Waals surface area contributed by atoms with Crippen LogP contribution in [0.15, 0.2) is 35.1 Å². The molecule has 0 unspecified atom stereocenters. The first-order chi connectivity index (χ1) is 11.7. The summed E-state index contributed by atoms with van der Waals surface area (Å²) in [5.41, 5.74) is 0.694. The minimum atomic E-state index is -0.814. The van der Waals surface area contributed by atoms with Crippen molar-refractivity contribution >= 4 is 5.91 Å². The van der Waals surface area contributed by atoms with Crippen molar-refractivity contribution in [2.45, 2.75) is 46.1 Å². The maximum absolute atomic E-state index is 12.2. The summed E-state index contributed by atoms with van der Waals surface area (Å²) in [6, 6.07) is 9.10. The van der Waals surface area contributed by atoms with Gasteiger partial charge in [0, 0.05) is 11.8 Å². The van der Waals surface area contributed by atoms with Crippen molar-refractivity contribution in [3.63, 3.8) is 0 Å². The minimum Gasteiger partial charge on any atom is -0.484 e. The fraction of sp³-hybridized carbons (Fsp3) is 0.421. The van der Waals surface area contributed by atoms with Crippen molar-refractivity contribution in [3.05, 3.63) is 57.8 Å². The third-order valence-electron chi connectivity index (χ3n) is 3.81. The molecule has 0 bridgehead atoms. The molecule has 0 spiro atoms. The molecule has 2 aromatic rings. The molecule has 1 heterocycles. The molecule has 0 aliphatic heterocycles. The lowest BCUT2D eigenvalue weighted by atomic mass is 10.0. The Bertz CT molecular complexity index is 810. The predicted molar refractivity (Wildman–Crippen MR) is 96.8 cm³/mol. The third kappa shape index (κ3) is 5.17. The van der Waals surface area contributed by atoms with E-state index in [2.05, 4.69) is 29.1 Å². The molecule has 0 atom stereocenters. The zero-order chi connectivity index (χ0) is 18.6. The van der Waals surface area contributed by atoms with Gasteiger partial charge >= 0.3 is 0 Å². The number of benzene rings is 1. The van der Waals surface area contributed by atoms with Crippen LogP contribution in [0.4, 0.5) is 0 Å². The molecule has 0 aliphatic carbocycles. The summed E-state index contributed by atoms with van der Waals surface area (Å²) in [5.74, 6) is 1.17. The molecule has 1 amide bonds. The second-order valence-corrected chi connectivity index (χ2v) is 6.92. The van der Waals surface area contributed by atoms with E-state index in [4.69, 9.17) is 4.74 Å². The number of hydrogen-bond acceptors (Lipinski definition) is 4. The van der Waals surface area contributed by atoms with Gasteiger partial charge in [-0.2, -0.15) is 0 Å². The van der Waals surface area contributed by atoms with Crippen LogP contribution < -0.4 is 15.6 Å². The average Bonchev–Trinajstić information content (AvgIpc) is 2.52. The number of amides is 1. The summed E-state index contributed by atoms with van der Waals surface area (Å²) in [6.45, 7) is 9.39. The molecule has 0 aliphatic rings. The number of rotatable bonds is 6. The summed E-state index contributed by atoms with van der Waals surface area (Å²) in [7, 11) is 0. The Morgan fingerprint density at radius 2 is 2.04 bits per heavy atom. The van der Waals surface area contributed by atoms with Crippen LogP contribution in [0.1, 0.15) is 50.7 Å². The van der Waals surface area contributed by atoms with E-state index in [1.165, 1.54) is 6.07 Å². The van der Waals surface area contributed by atoms with Gasteiger partial charge in [-0.1, -0.05) is 26.0 Å². The molecule has 1 aromatic carbocycles. The molecule has 25 heavy (non-hydrogen) atoms. The Balaban J connectivity index is 2.01. The van der Waals surface area contributed by atoms with Gasteiger partial charge in [0.15, 0.2) is 6.61 Å². The van der Waals surface area contributed by atoms with Gasteiger partial charge in [-0.15, -0.1) is 0 Å². The monoisotopic (exact) mass is 343 g/mol. The Hall–Kier alpha value is -2.63. The van der Waals surface area contributed by atoms with E-state index in [1.54, 1.807) is 20.8 Å². The standard InChI is InChI=1S/C19H25N3O3/c1-12(2)14-7-6-8-15(10-14)25-11-17(24)22-19(4,5)18-20-13(3)9-16(23)21-18/h6-10,12H,11H2,1-5H3,(H,22,24)(H,20,21,23). The van der Waals surface area contributed by atoms with Gasteiger partial charge in [-0.05, 0) is 44.4 Å². The normalized spacial score (nSPS) is 11.4. The SMILES string of the molecule is Cc1cc(=O)[nH]c(C(C)(C)NC(=O)COc2cccc(C(C)C)c2)n1. The molecule has 0 fully saturated rings. The topological polar surface area (TPSA) is 84.1 Å². The number of nitrogens with one attached hydrogen (secondary N) is 2. The highest BCUT2D eigenvalue weighted by molar-refractivity contribution is 5.78. The number of nitrogens with zero attached hydrogens (tertiary/aromatic N) is 1. The van der Waals surface area contributed by atoms with Crippen molar-refractivity contribution in [3.8, 4) is 5.75 Å². The quantitative estimate of drug-likeness (QED) is 0.844. The van der Waals surface area contributed by atoms with Crippen LogP contribution in [0.3, 0.4) is 0 Å². The van der Waals surface area contributed by atoms with Gasteiger partial charge < -0.3 is 15.0 Å². The van der Waals surface area contributed by atoms with Crippen molar-refractivity contribution in [2.24, 2.45) is 0 Å². The average molecular weight is 343 g/mol. The Labute approximate surface area is 147 Å². The number of H-pyrrole nitrogens is 1. The highest BCUT2D eigenvalue weighted by atomic mass is 16.5. The Kier molecular flexibility index (Phi) is 5.62. The highest BCUT2D eigenvalue weighted by Crippen LogP contribution is 2.20. The molecule has 134 valence electrons. The summed E-state index contributed by atoms with van der Waals surface area (Å²) >= 11 is 0. The van der Waals surface area contributed by atoms with Crippen molar-refractivity contribution in [1.29, 1.82) is 0 Å². The fourth-order valence-corrected chi connectivity index (χ4v) is 2.43. The maximum atomic E-state index is 12.2. The second-order valence-electron chi connectivity index (χ2n) is 6.92. The van der Waals surface area contributed by atoms with Crippen LogP contribution in [0.2, 0.25) is 0 Å². The van der Waals surface area contributed by atoms with E-state index in [0.717, 1.165) is 5.56 Å². The van der Waals surface area contributed by atoms with Gasteiger partial charge in [-0.25, -0.2) is 4.98 Å². The maximum Gasteiger partial charge on any atom is 0.258 e. The number of aromatic amines is 1. The van der Waals surface area contributed by atoms with Crippen LogP contribution in [0, 0.1) is 6.92 Å². The molecular formula is C19H25N3O3. The molecule has 6 heteroatoms. The van der Waals surface area contributed by atoms with Gasteiger partial charge in [-0.3, -0.25) is 9.59 Å². The molecule has 2 N–H and O–H groups in total. The Morgan fingerprint density at radius 1 is 1.32 bits per heavy atom. The van der Waals surface area contributed by atoms with Gasteiger partial charge in [0.05, 0.1) is 5.54 Å². The van der Waals surface area contributed by atoms with Gasteiger partial charge in [0.2, 0.25) is 0 Å². The zero-order valence-corrected chi connectivity index (χ0v) is 15.3. The van der Waals surface area contributed by atoms with Crippen molar-refractivity contribution in [1.82, 2.24) is 15.3 Å². The second kappa shape index (κ2) is 7.51. The lowest BCUT2D eigenvalue weighted by Gasteiger charge is -2.25. The summed E-state index contributed by atoms with van der Waals surface area (Å²) in [6.07, 6.45) is 0. The van der Waals surface area contributed by atoms with Gasteiger partial charge in [0.25, 0.3) is 11.5 Å². The number of ether oxygens (including phenoxy) is 1. The van der Waals surface area contributed by atoms with Crippen molar-refractivity contribution < 1.29 is 9.53 Å². The number of carbonyl (C=O) groups is 1. The van der Waals surface area contributed by atoms with E-state index >= 15 is 0 Å². The van der Waals surface area contributed by atoms with E-state index in [9.17, 15) is 9.59 Å². The number of aromatic nitrogens is 2. The molecule has 2 rings (SSSR count). The van der Waals surface area contributed by atoms with Crippen molar-refractivity contribution in [2.75, 3.05) is 6.61 Å². The lowest BCUT2D eigenvalue weighted by molar-refractivity contribution is -0.124. The number of hydrogen-bond donors (Lipinski definition) is 2. The number of carbonyl (C=O) groups excluding carboxylic acids is 1. The minimum absolute atomic E-state index is 0.110. The van der Waals surface area contributed by atoms with Crippen LogP contribution in [-0.4, -0.2) is 22.5 Å². The summed E-state index contributed by atoms with van der Waals surface area (Å²) < 4.78 is 5.58. The molecule has 0 radical (unpaired) electrons. The summed E-state index contributed by atoms with van der Waals surface area (Å²) in [4.78, 5) is 30.8. The lowest BCUT2D eigenvalue weighted by Crippen LogP contribution is -2.45. The Morgan fingerprint density at radius 3 is 2.68 bits per heavy atom. The van der Waals surface area contributed by atoms with Crippen LogP contribution in [0.5, 0.6) is 5.75 Å². The molecular weight excluding hydrogens is 318 g/mol. The van der Waals surface area contributed by atoms with E-state index < -0.39 is 5.54 Å². The van der Waals surface area contributed by atoms with Crippen LogP contribution in [-0.2, 0) is 10.3 Å². The van der Waals surface area contributed by atoms with Crippen LogP contribution in [0.25, 0.3) is 0 Å². The summed E-state index contributed by atoms with van der Waals surface area (Å²) in [5, 5.41) is 2.84. The third-order valence-corrected chi connectivity index (χ3v) is 3.81. The molecule has 0 saturated carbocycles. The molecule has 1 aromatic heterocycles.